The van der Waals surface area contributed by atoms with Crippen LogP contribution in [0.2, 0.25) is 0 Å². The van der Waals surface area contributed by atoms with Crippen LogP contribution in [0.5, 0.6) is 0 Å². The van der Waals surface area contributed by atoms with Gasteiger partial charge >= 0.3 is 17.7 Å². The van der Waals surface area contributed by atoms with E-state index in [1.807, 2.05) is 0 Å². The van der Waals surface area contributed by atoms with Gasteiger partial charge in [-0.15, -0.1) is 5.10 Å². The quantitative estimate of drug-likeness (QED) is 0.305. The molecular formula is C3H2KN6O6. The Morgan fingerprint density at radius 2 is 1.62 bits per heavy atom. The fourth-order valence-corrected chi connectivity index (χ4v) is 0.816. The fourth-order valence-electron chi connectivity index (χ4n) is 0.816. The second kappa shape index (κ2) is 5.90. The molecule has 1 aromatic rings. The van der Waals surface area contributed by atoms with Crippen molar-refractivity contribution < 1.29 is 14.8 Å². The van der Waals surface area contributed by atoms with Crippen molar-refractivity contribution in [2.45, 2.75) is 6.17 Å². The topological polar surface area (TPSA) is 171 Å². The Balaban J connectivity index is 0.00000225. The number of rotatable bonds is 4. The number of aromatic nitrogens is 3. The summed E-state index contributed by atoms with van der Waals surface area (Å²) in [6.07, 6.45) is -2.50. The van der Waals surface area contributed by atoms with E-state index in [1.54, 1.807) is 5.10 Å². The second-order valence-corrected chi connectivity index (χ2v) is 2.25. The summed E-state index contributed by atoms with van der Waals surface area (Å²) in [5.74, 6) is -0.964. The van der Waals surface area contributed by atoms with Crippen molar-refractivity contribution in [3.05, 3.63) is 36.0 Å². The van der Waals surface area contributed by atoms with Gasteiger partial charge in [0.2, 0.25) is 0 Å². The fraction of sp³-hybridized carbons (Fsp3) is 0.333. The van der Waals surface area contributed by atoms with Gasteiger partial charge in [-0.2, -0.15) is 0 Å². The molecule has 1 aromatic heterocycles. The molecule has 0 aliphatic rings. The standard InChI is InChI=1S/C3H2N6O6.K/c10-7(11)2-1(4-6-5-2)3(8(12)13)9(14)15;/h3H,(H,4,5,6);. The molecule has 0 spiro atoms. The predicted octanol–water partition coefficient (Wildman–Crippen LogP) is -1.12. The molecule has 1 rings (SSSR count). The van der Waals surface area contributed by atoms with Crippen LogP contribution in [-0.2, 0) is 0 Å². The molecule has 81 valence electrons. The average molecular weight is 257 g/mol. The summed E-state index contributed by atoms with van der Waals surface area (Å²) >= 11 is 0. The summed E-state index contributed by atoms with van der Waals surface area (Å²) < 4.78 is 0. The Labute approximate surface area is 128 Å². The monoisotopic (exact) mass is 257 g/mol. The number of nitro groups is 3. The third-order valence-corrected chi connectivity index (χ3v) is 1.38. The Morgan fingerprint density at radius 3 is 2.00 bits per heavy atom. The van der Waals surface area contributed by atoms with Crippen LogP contribution in [0.15, 0.2) is 0 Å². The Hall–Kier alpha value is -1.02. The Morgan fingerprint density at radius 1 is 1.12 bits per heavy atom. The molecule has 0 fully saturated rings. The van der Waals surface area contributed by atoms with E-state index in [4.69, 9.17) is 0 Å². The van der Waals surface area contributed by atoms with Crippen molar-refractivity contribution in [3.63, 3.8) is 0 Å². The maximum absolute atomic E-state index is 10.3. The molecule has 16 heavy (non-hydrogen) atoms. The zero-order chi connectivity index (χ0) is 11.6. The molecule has 0 atom stereocenters. The van der Waals surface area contributed by atoms with Crippen LogP contribution < -0.4 is 0 Å². The number of H-pyrrole nitrogens is 1. The van der Waals surface area contributed by atoms with E-state index in [9.17, 15) is 30.3 Å². The smallest absolute Gasteiger partial charge is 0.358 e. The predicted molar refractivity (Wildman–Crippen MR) is 45.5 cm³/mol. The molecule has 0 aliphatic carbocycles. The van der Waals surface area contributed by atoms with E-state index in [0.29, 0.717) is 0 Å². The normalized spacial score (nSPS) is 9.56. The summed E-state index contributed by atoms with van der Waals surface area (Å²) in [6.45, 7) is 0. The molecule has 0 aromatic carbocycles. The maximum atomic E-state index is 10.3. The van der Waals surface area contributed by atoms with Gasteiger partial charge in [-0.1, -0.05) is 5.10 Å². The number of hydrogen-bond acceptors (Lipinski definition) is 8. The summed E-state index contributed by atoms with van der Waals surface area (Å²) in [6, 6.07) is 0. The van der Waals surface area contributed by atoms with Crippen molar-refractivity contribution in [2.75, 3.05) is 0 Å². The van der Waals surface area contributed by atoms with Crippen LogP contribution >= 0.6 is 0 Å². The van der Waals surface area contributed by atoms with Gasteiger partial charge in [0.1, 0.15) is 9.85 Å². The van der Waals surface area contributed by atoms with E-state index in [1.165, 1.54) is 0 Å². The van der Waals surface area contributed by atoms with Gasteiger partial charge in [0.15, 0.2) is 0 Å². The van der Waals surface area contributed by atoms with Gasteiger partial charge < -0.3 is 10.1 Å². The maximum Gasteiger partial charge on any atom is 0.503 e. The van der Waals surface area contributed by atoms with E-state index >= 15 is 0 Å². The molecule has 0 bridgehead atoms. The third-order valence-electron chi connectivity index (χ3n) is 1.38. The van der Waals surface area contributed by atoms with Gasteiger partial charge in [-0.25, -0.2) is 0 Å². The average Bonchev–Trinajstić information content (AvgIpc) is 2.51. The van der Waals surface area contributed by atoms with Crippen molar-refractivity contribution in [2.24, 2.45) is 0 Å². The van der Waals surface area contributed by atoms with Gasteiger partial charge in [0.05, 0.1) is 0 Å². The minimum Gasteiger partial charge on any atom is -0.358 e. The zero-order valence-corrected chi connectivity index (χ0v) is 10.9. The van der Waals surface area contributed by atoms with Crippen LogP contribution in [0, 0.1) is 30.3 Å². The SMILES string of the molecule is O=[N+]([O-])c1[nH]nnc1C([N+](=O)[O-])[N+](=O)[O-].[K]. The van der Waals surface area contributed by atoms with E-state index in [0.717, 1.165) is 0 Å². The minimum atomic E-state index is -2.50. The molecule has 1 N–H and O–H groups in total. The van der Waals surface area contributed by atoms with Crippen LogP contribution in [0.3, 0.4) is 0 Å². The second-order valence-electron chi connectivity index (χ2n) is 2.25. The van der Waals surface area contributed by atoms with Crippen LogP contribution in [-0.4, -0.2) is 81.6 Å². The van der Waals surface area contributed by atoms with E-state index in [-0.39, 0.29) is 51.4 Å². The number of aromatic amines is 1. The van der Waals surface area contributed by atoms with Gasteiger partial charge in [0, 0.05) is 56.6 Å². The first-order valence-corrected chi connectivity index (χ1v) is 3.27. The van der Waals surface area contributed by atoms with Crippen molar-refractivity contribution in [3.8, 4) is 0 Å². The molecule has 0 unspecified atom stereocenters. The van der Waals surface area contributed by atoms with Gasteiger partial charge in [0.25, 0.3) is 0 Å². The van der Waals surface area contributed by atoms with Crippen molar-refractivity contribution in [1.82, 2.24) is 15.4 Å². The first-order valence-electron chi connectivity index (χ1n) is 3.27. The van der Waals surface area contributed by atoms with Crippen LogP contribution in [0.25, 0.3) is 0 Å². The summed E-state index contributed by atoms with van der Waals surface area (Å²) in [5, 5.41) is 38.4. The minimum absolute atomic E-state index is 0. The van der Waals surface area contributed by atoms with E-state index < -0.39 is 32.4 Å². The first kappa shape index (κ1) is 15.0. The zero-order valence-electron chi connectivity index (χ0n) is 7.76. The Kier molecular flexibility index (Phi) is 5.52. The molecule has 13 heteroatoms. The molecule has 0 aliphatic heterocycles. The summed E-state index contributed by atoms with van der Waals surface area (Å²) in [5.41, 5.74) is -0.935. The third kappa shape index (κ3) is 2.98. The van der Waals surface area contributed by atoms with E-state index in [2.05, 4.69) is 10.3 Å². The molecule has 0 saturated carbocycles. The van der Waals surface area contributed by atoms with Gasteiger partial charge in [-0.3, -0.25) is 20.2 Å². The molecule has 1 heterocycles. The first-order chi connectivity index (χ1) is 6.95. The number of nitrogens with one attached hydrogen (secondary N) is 1. The summed E-state index contributed by atoms with van der Waals surface area (Å²) in [4.78, 5) is 27.2. The summed E-state index contributed by atoms with van der Waals surface area (Å²) in [7, 11) is 0. The van der Waals surface area contributed by atoms with Crippen molar-refractivity contribution in [1.29, 1.82) is 0 Å². The molecule has 1 radical (unpaired) electrons. The molecular weight excluding hydrogens is 255 g/mol. The molecule has 0 saturated heterocycles. The Bertz CT molecular complexity index is 416. The van der Waals surface area contributed by atoms with Crippen LogP contribution in [0.1, 0.15) is 11.9 Å². The number of nitrogens with zero attached hydrogens (tertiary/aromatic N) is 5. The van der Waals surface area contributed by atoms with Gasteiger partial charge in [-0.05, 0) is 4.92 Å². The molecule has 0 amide bonds. The molecule has 12 nitrogen and oxygen atoms in total. The van der Waals surface area contributed by atoms with Crippen molar-refractivity contribution >= 4 is 57.2 Å². The van der Waals surface area contributed by atoms with Crippen LogP contribution in [0.4, 0.5) is 5.82 Å². The largest absolute Gasteiger partial charge is 0.503 e. The number of hydrogen-bond donors (Lipinski definition) is 1.